The molecule has 0 amide bonds. The molecular formula is C11H22N2. The van der Waals surface area contributed by atoms with Gasteiger partial charge < -0.3 is 5.73 Å². The van der Waals surface area contributed by atoms with E-state index in [0.29, 0.717) is 0 Å². The van der Waals surface area contributed by atoms with Crippen LogP contribution < -0.4 is 5.73 Å². The summed E-state index contributed by atoms with van der Waals surface area (Å²) in [6.45, 7) is 4.75. The Morgan fingerprint density at radius 1 is 1.38 bits per heavy atom. The number of nitrogens with zero attached hydrogens (tertiary/aromatic N) is 1. The molecule has 1 heterocycles. The normalized spacial score (nSPS) is 33.2. The zero-order valence-electron chi connectivity index (χ0n) is 8.76. The monoisotopic (exact) mass is 182 g/mol. The van der Waals surface area contributed by atoms with Gasteiger partial charge in [0.1, 0.15) is 0 Å². The maximum Gasteiger partial charge on any atom is 0.0283 e. The van der Waals surface area contributed by atoms with E-state index in [2.05, 4.69) is 11.8 Å². The lowest BCUT2D eigenvalue weighted by Gasteiger charge is -2.42. The van der Waals surface area contributed by atoms with Crippen molar-refractivity contribution in [3.05, 3.63) is 0 Å². The first-order chi connectivity index (χ1) is 6.23. The highest BCUT2D eigenvalue weighted by Crippen LogP contribution is 2.32. The van der Waals surface area contributed by atoms with Gasteiger partial charge in [0.05, 0.1) is 0 Å². The van der Waals surface area contributed by atoms with Gasteiger partial charge in [0.25, 0.3) is 0 Å². The van der Waals surface area contributed by atoms with Crippen molar-refractivity contribution in [3.63, 3.8) is 0 Å². The van der Waals surface area contributed by atoms with Crippen LogP contribution in [-0.4, -0.2) is 29.6 Å². The minimum atomic E-state index is 0.192. The zero-order valence-corrected chi connectivity index (χ0v) is 8.76. The Labute approximate surface area is 81.5 Å². The van der Waals surface area contributed by atoms with Gasteiger partial charge in [0.15, 0.2) is 0 Å². The van der Waals surface area contributed by atoms with E-state index in [-0.39, 0.29) is 5.54 Å². The van der Waals surface area contributed by atoms with Gasteiger partial charge in [-0.2, -0.15) is 0 Å². The first kappa shape index (κ1) is 9.47. The van der Waals surface area contributed by atoms with Crippen molar-refractivity contribution in [1.29, 1.82) is 0 Å². The van der Waals surface area contributed by atoms with Crippen LogP contribution in [-0.2, 0) is 0 Å². The van der Waals surface area contributed by atoms with Crippen molar-refractivity contribution in [3.8, 4) is 0 Å². The van der Waals surface area contributed by atoms with E-state index in [4.69, 9.17) is 5.73 Å². The predicted molar refractivity (Wildman–Crippen MR) is 55.7 cm³/mol. The van der Waals surface area contributed by atoms with Crippen LogP contribution in [0.4, 0.5) is 0 Å². The van der Waals surface area contributed by atoms with E-state index in [9.17, 15) is 0 Å². The van der Waals surface area contributed by atoms with Gasteiger partial charge in [-0.05, 0) is 45.1 Å². The first-order valence-corrected chi connectivity index (χ1v) is 5.76. The number of hydrogen-bond donors (Lipinski definition) is 1. The lowest BCUT2D eigenvalue weighted by atomic mass is 9.77. The Kier molecular flexibility index (Phi) is 2.61. The van der Waals surface area contributed by atoms with Gasteiger partial charge in [-0.1, -0.05) is 6.92 Å². The Hall–Kier alpha value is -0.0800. The standard InChI is InChI=1S/C11H22N2/c1-2-10-5-3-8-13(10)9-11(12)6-4-7-11/h10H,2-9,12H2,1H3. The lowest BCUT2D eigenvalue weighted by molar-refractivity contribution is 0.133. The quantitative estimate of drug-likeness (QED) is 0.720. The molecule has 1 aliphatic heterocycles. The molecule has 2 aliphatic rings. The van der Waals surface area contributed by atoms with Crippen molar-refractivity contribution in [2.75, 3.05) is 13.1 Å². The highest BCUT2D eigenvalue weighted by Gasteiger charge is 2.36. The fourth-order valence-electron chi connectivity index (χ4n) is 2.76. The summed E-state index contributed by atoms with van der Waals surface area (Å²) in [6, 6.07) is 0.834. The Morgan fingerprint density at radius 3 is 2.69 bits per heavy atom. The highest BCUT2D eigenvalue weighted by molar-refractivity contribution is 4.97. The minimum Gasteiger partial charge on any atom is -0.324 e. The molecule has 0 radical (unpaired) electrons. The molecule has 2 N–H and O–H groups in total. The molecule has 2 fully saturated rings. The fraction of sp³-hybridized carbons (Fsp3) is 1.00. The summed E-state index contributed by atoms with van der Waals surface area (Å²) in [4.78, 5) is 2.62. The van der Waals surface area contributed by atoms with Crippen LogP contribution >= 0.6 is 0 Å². The molecular weight excluding hydrogens is 160 g/mol. The minimum absolute atomic E-state index is 0.192. The van der Waals surface area contributed by atoms with E-state index in [0.717, 1.165) is 12.6 Å². The summed E-state index contributed by atoms with van der Waals surface area (Å²) in [7, 11) is 0. The molecule has 0 aromatic heterocycles. The third-order valence-corrected chi connectivity index (χ3v) is 3.84. The van der Waals surface area contributed by atoms with E-state index >= 15 is 0 Å². The van der Waals surface area contributed by atoms with Gasteiger partial charge >= 0.3 is 0 Å². The Bertz CT molecular complexity index is 175. The van der Waals surface area contributed by atoms with E-state index in [1.165, 1.54) is 45.1 Å². The number of nitrogens with two attached hydrogens (primary N) is 1. The first-order valence-electron chi connectivity index (χ1n) is 5.76. The molecule has 0 bridgehead atoms. The average Bonchev–Trinajstić information content (AvgIpc) is 2.49. The second-order valence-electron chi connectivity index (χ2n) is 4.89. The van der Waals surface area contributed by atoms with Crippen molar-refractivity contribution in [2.24, 2.45) is 5.73 Å². The van der Waals surface area contributed by atoms with Gasteiger partial charge in [0.2, 0.25) is 0 Å². The second kappa shape index (κ2) is 3.58. The lowest BCUT2D eigenvalue weighted by Crippen LogP contribution is -2.55. The zero-order chi connectivity index (χ0) is 9.31. The second-order valence-corrected chi connectivity index (χ2v) is 4.89. The van der Waals surface area contributed by atoms with Crippen LogP contribution in [0.3, 0.4) is 0 Å². The molecule has 1 saturated carbocycles. The molecule has 0 aromatic rings. The van der Waals surface area contributed by atoms with E-state index in [1.54, 1.807) is 0 Å². The maximum absolute atomic E-state index is 6.26. The summed E-state index contributed by atoms with van der Waals surface area (Å²) < 4.78 is 0. The molecule has 0 aromatic carbocycles. The van der Waals surface area contributed by atoms with Crippen molar-refractivity contribution < 1.29 is 0 Å². The Morgan fingerprint density at radius 2 is 2.15 bits per heavy atom. The van der Waals surface area contributed by atoms with Crippen LogP contribution in [0.25, 0.3) is 0 Å². The van der Waals surface area contributed by atoms with Crippen molar-refractivity contribution in [1.82, 2.24) is 4.90 Å². The van der Waals surface area contributed by atoms with Crippen LogP contribution in [0.2, 0.25) is 0 Å². The van der Waals surface area contributed by atoms with E-state index in [1.807, 2.05) is 0 Å². The molecule has 0 spiro atoms. The molecule has 76 valence electrons. The summed E-state index contributed by atoms with van der Waals surface area (Å²) in [5, 5.41) is 0. The molecule has 1 unspecified atom stereocenters. The number of hydrogen-bond acceptors (Lipinski definition) is 2. The molecule has 1 saturated heterocycles. The summed E-state index contributed by atoms with van der Waals surface area (Å²) in [5.74, 6) is 0. The number of likely N-dealkylation sites (tertiary alicyclic amines) is 1. The molecule has 2 nitrogen and oxygen atoms in total. The van der Waals surface area contributed by atoms with Gasteiger partial charge in [-0.25, -0.2) is 0 Å². The summed E-state index contributed by atoms with van der Waals surface area (Å²) >= 11 is 0. The van der Waals surface area contributed by atoms with Gasteiger partial charge in [0, 0.05) is 18.1 Å². The molecule has 1 atom stereocenters. The fourth-order valence-corrected chi connectivity index (χ4v) is 2.76. The van der Waals surface area contributed by atoms with E-state index < -0.39 is 0 Å². The highest BCUT2D eigenvalue weighted by atomic mass is 15.2. The van der Waals surface area contributed by atoms with Gasteiger partial charge in [-0.3, -0.25) is 4.90 Å². The molecule has 1 aliphatic carbocycles. The molecule has 2 rings (SSSR count). The summed E-state index contributed by atoms with van der Waals surface area (Å²) in [5.41, 5.74) is 6.45. The van der Waals surface area contributed by atoms with Crippen LogP contribution in [0.15, 0.2) is 0 Å². The third kappa shape index (κ3) is 1.89. The maximum atomic E-state index is 6.26. The molecule has 2 heteroatoms. The van der Waals surface area contributed by atoms with Crippen LogP contribution in [0.5, 0.6) is 0 Å². The predicted octanol–water partition coefficient (Wildman–Crippen LogP) is 1.74. The smallest absolute Gasteiger partial charge is 0.0283 e. The third-order valence-electron chi connectivity index (χ3n) is 3.84. The average molecular weight is 182 g/mol. The van der Waals surface area contributed by atoms with Crippen molar-refractivity contribution in [2.45, 2.75) is 57.0 Å². The molecule has 13 heavy (non-hydrogen) atoms. The summed E-state index contributed by atoms with van der Waals surface area (Å²) in [6.07, 6.45) is 7.93. The Balaban J connectivity index is 1.86. The SMILES string of the molecule is CCC1CCCN1CC1(N)CCC1. The largest absolute Gasteiger partial charge is 0.324 e. The van der Waals surface area contributed by atoms with Gasteiger partial charge in [-0.15, -0.1) is 0 Å². The van der Waals surface area contributed by atoms with Crippen LogP contribution in [0, 0.1) is 0 Å². The topological polar surface area (TPSA) is 29.3 Å². The van der Waals surface area contributed by atoms with Crippen LogP contribution in [0.1, 0.15) is 45.4 Å². The van der Waals surface area contributed by atoms with Crippen molar-refractivity contribution >= 4 is 0 Å². The number of rotatable bonds is 3.